The summed E-state index contributed by atoms with van der Waals surface area (Å²) in [6.45, 7) is 13.3. The maximum atomic E-state index is 5.93. The molecule has 1 fully saturated rings. The van der Waals surface area contributed by atoms with Gasteiger partial charge in [0.05, 0.1) is 18.8 Å². The number of rotatable bonds is 7. The molecular formula is C19H25NOS. The van der Waals surface area contributed by atoms with Crippen LogP contribution in [0.3, 0.4) is 0 Å². The molecule has 0 amide bonds. The Morgan fingerprint density at radius 3 is 2.23 bits per heavy atom. The average molecular weight is 315 g/mol. The molecule has 118 valence electrons. The highest BCUT2D eigenvalue weighted by molar-refractivity contribution is 7.81. The Kier molecular flexibility index (Phi) is 6.07. The molecule has 0 atom stereocenters. The number of benzene rings is 1. The van der Waals surface area contributed by atoms with Crippen molar-refractivity contribution < 1.29 is 4.74 Å². The molecule has 2 rings (SSSR count). The van der Waals surface area contributed by atoms with Crippen LogP contribution in [0.4, 0.5) is 0 Å². The topological polar surface area (TPSA) is 12.5 Å². The molecule has 0 spiro atoms. The van der Waals surface area contributed by atoms with Gasteiger partial charge >= 0.3 is 0 Å². The first-order chi connectivity index (χ1) is 10.6. The third-order valence-electron chi connectivity index (χ3n) is 4.32. The summed E-state index contributed by atoms with van der Waals surface area (Å²) in [6.07, 6.45) is 5.59. The van der Waals surface area contributed by atoms with E-state index in [1.54, 1.807) is 0 Å². The van der Waals surface area contributed by atoms with E-state index in [1.165, 1.54) is 5.56 Å². The lowest BCUT2D eigenvalue weighted by molar-refractivity contribution is 0.00266. The first kappa shape index (κ1) is 17.1. The molecule has 1 aliphatic rings. The van der Waals surface area contributed by atoms with Gasteiger partial charge < -0.3 is 4.74 Å². The summed E-state index contributed by atoms with van der Waals surface area (Å²) >= 11 is 5.93. The molecule has 3 heteroatoms. The van der Waals surface area contributed by atoms with Crippen LogP contribution in [0, 0.1) is 6.92 Å². The van der Waals surface area contributed by atoms with E-state index in [2.05, 4.69) is 49.2 Å². The number of aryl methyl sites for hydroxylation is 1. The fourth-order valence-electron chi connectivity index (χ4n) is 3.11. The Morgan fingerprint density at radius 1 is 1.18 bits per heavy atom. The first-order valence-electron chi connectivity index (χ1n) is 7.80. The van der Waals surface area contributed by atoms with E-state index in [0.717, 1.165) is 49.6 Å². The third-order valence-corrected chi connectivity index (χ3v) is 4.93. The van der Waals surface area contributed by atoms with E-state index in [9.17, 15) is 0 Å². The van der Waals surface area contributed by atoms with Gasteiger partial charge in [0.15, 0.2) is 0 Å². The molecule has 0 bridgehead atoms. The fraction of sp³-hybridized carbons (Fsp3) is 0.421. The number of ether oxygens (including phenoxy) is 1. The van der Waals surface area contributed by atoms with Crippen molar-refractivity contribution in [2.24, 2.45) is 0 Å². The summed E-state index contributed by atoms with van der Waals surface area (Å²) < 4.78 is 5.52. The lowest BCUT2D eigenvalue weighted by atomic mass is 9.82. The number of thiocarbonyl (C=S) groups is 1. The van der Waals surface area contributed by atoms with Crippen LogP contribution in [0.1, 0.15) is 24.0 Å². The molecule has 0 N–H and O–H groups in total. The summed E-state index contributed by atoms with van der Waals surface area (Å²) in [4.78, 5) is 3.43. The quantitative estimate of drug-likeness (QED) is 0.430. The number of morpholine rings is 1. The summed E-state index contributed by atoms with van der Waals surface area (Å²) in [5, 5.41) is 0. The second-order valence-electron chi connectivity index (χ2n) is 5.81. The van der Waals surface area contributed by atoms with Gasteiger partial charge in [-0.1, -0.05) is 54.2 Å². The summed E-state index contributed by atoms with van der Waals surface area (Å²) in [5.74, 6) is 0. The summed E-state index contributed by atoms with van der Waals surface area (Å²) in [5.41, 5.74) is 2.14. The minimum Gasteiger partial charge on any atom is -0.379 e. The summed E-state index contributed by atoms with van der Waals surface area (Å²) in [6, 6.07) is 8.49. The van der Waals surface area contributed by atoms with E-state index in [1.807, 2.05) is 12.2 Å². The van der Waals surface area contributed by atoms with E-state index in [0.29, 0.717) is 0 Å². The van der Waals surface area contributed by atoms with Crippen LogP contribution < -0.4 is 0 Å². The highest BCUT2D eigenvalue weighted by Gasteiger charge is 2.39. The van der Waals surface area contributed by atoms with Gasteiger partial charge in [-0.2, -0.15) is 0 Å². The van der Waals surface area contributed by atoms with Crippen LogP contribution in [0.25, 0.3) is 0 Å². The van der Waals surface area contributed by atoms with Crippen LogP contribution in [0.2, 0.25) is 0 Å². The Hall–Kier alpha value is -1.29. The van der Waals surface area contributed by atoms with E-state index < -0.39 is 0 Å². The van der Waals surface area contributed by atoms with Crippen molar-refractivity contribution >= 4 is 17.1 Å². The normalized spacial score (nSPS) is 16.2. The van der Waals surface area contributed by atoms with Crippen molar-refractivity contribution in [3.05, 3.63) is 60.7 Å². The monoisotopic (exact) mass is 315 g/mol. The molecule has 1 aromatic rings. The van der Waals surface area contributed by atoms with Crippen molar-refractivity contribution in [3.63, 3.8) is 0 Å². The predicted molar refractivity (Wildman–Crippen MR) is 97.6 cm³/mol. The molecule has 0 unspecified atom stereocenters. The summed E-state index contributed by atoms with van der Waals surface area (Å²) in [7, 11) is 0. The molecule has 2 nitrogen and oxygen atoms in total. The smallest absolute Gasteiger partial charge is 0.0639 e. The van der Waals surface area contributed by atoms with Gasteiger partial charge in [0.2, 0.25) is 0 Å². The Balaban J connectivity index is 2.40. The first-order valence-corrected chi connectivity index (χ1v) is 8.21. The van der Waals surface area contributed by atoms with E-state index >= 15 is 0 Å². The Labute approximate surface area is 139 Å². The zero-order valence-corrected chi connectivity index (χ0v) is 14.2. The average Bonchev–Trinajstić information content (AvgIpc) is 2.55. The fourth-order valence-corrected chi connectivity index (χ4v) is 3.54. The third kappa shape index (κ3) is 3.54. The van der Waals surface area contributed by atoms with Crippen LogP contribution in [-0.4, -0.2) is 41.6 Å². The van der Waals surface area contributed by atoms with Crippen molar-refractivity contribution in [2.75, 3.05) is 26.3 Å². The van der Waals surface area contributed by atoms with Crippen molar-refractivity contribution in [1.82, 2.24) is 4.90 Å². The van der Waals surface area contributed by atoms with Crippen LogP contribution in [0.5, 0.6) is 0 Å². The standard InChI is InChI=1S/C19H25NOS/c1-4-10-19(11-5-2,20-12-14-21-15-13-20)18(22)17-8-6-16(3)7-9-17/h4-9H,1-2,10-15H2,3H3. The molecule has 0 saturated carbocycles. The predicted octanol–water partition coefficient (Wildman–Crippen LogP) is 3.94. The maximum absolute atomic E-state index is 5.93. The second-order valence-corrected chi connectivity index (χ2v) is 6.22. The van der Waals surface area contributed by atoms with Crippen LogP contribution >= 0.6 is 12.2 Å². The van der Waals surface area contributed by atoms with Crippen LogP contribution in [-0.2, 0) is 4.74 Å². The molecule has 1 saturated heterocycles. The molecule has 1 aromatic carbocycles. The number of nitrogens with zero attached hydrogens (tertiary/aromatic N) is 1. The van der Waals surface area contributed by atoms with Crippen molar-refractivity contribution in [2.45, 2.75) is 25.3 Å². The zero-order chi connectivity index (χ0) is 16.0. The zero-order valence-electron chi connectivity index (χ0n) is 13.4. The van der Waals surface area contributed by atoms with Crippen molar-refractivity contribution in [1.29, 1.82) is 0 Å². The Morgan fingerprint density at radius 2 is 1.73 bits per heavy atom. The van der Waals surface area contributed by atoms with E-state index in [-0.39, 0.29) is 5.54 Å². The van der Waals surface area contributed by atoms with Gasteiger partial charge in [0, 0.05) is 18.0 Å². The Bertz CT molecular complexity index is 519. The van der Waals surface area contributed by atoms with E-state index in [4.69, 9.17) is 17.0 Å². The molecular weight excluding hydrogens is 290 g/mol. The highest BCUT2D eigenvalue weighted by Crippen LogP contribution is 2.31. The van der Waals surface area contributed by atoms with Crippen LogP contribution in [0.15, 0.2) is 49.6 Å². The van der Waals surface area contributed by atoms with Gasteiger partial charge in [0.25, 0.3) is 0 Å². The molecule has 0 aliphatic carbocycles. The van der Waals surface area contributed by atoms with Gasteiger partial charge in [0.1, 0.15) is 0 Å². The minimum atomic E-state index is -0.224. The molecule has 0 radical (unpaired) electrons. The molecule has 22 heavy (non-hydrogen) atoms. The highest BCUT2D eigenvalue weighted by atomic mass is 32.1. The lowest BCUT2D eigenvalue weighted by Gasteiger charge is -2.45. The second kappa shape index (κ2) is 7.82. The number of hydrogen-bond acceptors (Lipinski definition) is 3. The minimum absolute atomic E-state index is 0.224. The largest absolute Gasteiger partial charge is 0.379 e. The SMILES string of the molecule is C=CCC(CC=C)(C(=S)c1ccc(C)cc1)N1CCOCC1. The number of hydrogen-bond donors (Lipinski definition) is 0. The lowest BCUT2D eigenvalue weighted by Crippen LogP contribution is -2.57. The molecule has 1 heterocycles. The van der Waals surface area contributed by atoms with Crippen molar-refractivity contribution in [3.8, 4) is 0 Å². The van der Waals surface area contributed by atoms with Gasteiger partial charge in [-0.05, 0) is 25.3 Å². The van der Waals surface area contributed by atoms with Gasteiger partial charge in [-0.3, -0.25) is 4.90 Å². The maximum Gasteiger partial charge on any atom is 0.0639 e. The molecule has 0 aromatic heterocycles. The van der Waals surface area contributed by atoms with Gasteiger partial charge in [-0.15, -0.1) is 13.2 Å². The van der Waals surface area contributed by atoms with Gasteiger partial charge in [-0.25, -0.2) is 0 Å². The molecule has 1 aliphatic heterocycles.